The van der Waals surface area contributed by atoms with Gasteiger partial charge in [-0.1, -0.05) is 18.2 Å². The lowest BCUT2D eigenvalue weighted by atomic mass is 10.0. The number of benzene rings is 1. The van der Waals surface area contributed by atoms with Crippen LogP contribution in [0.4, 0.5) is 5.69 Å². The molecule has 5 heteroatoms. The molecule has 1 aromatic carbocycles. The molecule has 0 unspecified atom stereocenters. The predicted molar refractivity (Wildman–Crippen MR) is 91.6 cm³/mol. The SMILES string of the molecule is CNC(=O)CCOC1CCN(Cc2cccc3c2NCC3)CC1. The highest BCUT2D eigenvalue weighted by molar-refractivity contribution is 5.75. The van der Waals surface area contributed by atoms with Crippen LogP contribution in [0.15, 0.2) is 18.2 Å². The summed E-state index contributed by atoms with van der Waals surface area (Å²) in [6.07, 6.45) is 4.01. The molecule has 0 bridgehead atoms. The molecule has 1 saturated heterocycles. The molecule has 0 aliphatic carbocycles. The molecule has 1 fully saturated rings. The Hall–Kier alpha value is -1.59. The van der Waals surface area contributed by atoms with Crippen molar-refractivity contribution in [1.82, 2.24) is 10.2 Å². The van der Waals surface area contributed by atoms with Crippen LogP contribution in [0, 0.1) is 0 Å². The van der Waals surface area contributed by atoms with Crippen LogP contribution >= 0.6 is 0 Å². The lowest BCUT2D eigenvalue weighted by Crippen LogP contribution is -2.37. The first kappa shape index (κ1) is 16.3. The quantitative estimate of drug-likeness (QED) is 0.840. The average molecular weight is 317 g/mol. The summed E-state index contributed by atoms with van der Waals surface area (Å²) >= 11 is 0. The Bertz CT molecular complexity index is 539. The van der Waals surface area contributed by atoms with Crippen molar-refractivity contribution >= 4 is 11.6 Å². The lowest BCUT2D eigenvalue weighted by Gasteiger charge is -2.32. The van der Waals surface area contributed by atoms with Crippen molar-refractivity contribution in [2.75, 3.05) is 38.6 Å². The van der Waals surface area contributed by atoms with Gasteiger partial charge in [0.05, 0.1) is 12.7 Å². The second-order valence-corrected chi connectivity index (χ2v) is 6.40. The minimum absolute atomic E-state index is 0.0490. The van der Waals surface area contributed by atoms with E-state index in [1.54, 1.807) is 7.05 Å². The van der Waals surface area contributed by atoms with Gasteiger partial charge < -0.3 is 15.4 Å². The number of rotatable bonds is 6. The standard InChI is InChI=1S/C18H27N3O2/c1-19-17(22)8-12-23-16-6-10-21(11-7-16)13-15-4-2-3-14-5-9-20-18(14)15/h2-4,16,20H,5-13H2,1H3,(H,19,22). The molecule has 0 saturated carbocycles. The molecular formula is C18H27N3O2. The molecule has 126 valence electrons. The number of hydrogen-bond acceptors (Lipinski definition) is 4. The molecular weight excluding hydrogens is 290 g/mol. The van der Waals surface area contributed by atoms with Gasteiger partial charge in [0.25, 0.3) is 0 Å². The highest BCUT2D eigenvalue weighted by atomic mass is 16.5. The summed E-state index contributed by atoms with van der Waals surface area (Å²) in [4.78, 5) is 13.7. The number of amides is 1. The topological polar surface area (TPSA) is 53.6 Å². The number of anilines is 1. The van der Waals surface area contributed by atoms with Crippen LogP contribution in [0.3, 0.4) is 0 Å². The molecule has 2 aliphatic heterocycles. The summed E-state index contributed by atoms with van der Waals surface area (Å²) in [6, 6.07) is 6.64. The molecule has 2 heterocycles. The molecule has 1 aromatic rings. The first-order valence-corrected chi connectivity index (χ1v) is 8.65. The van der Waals surface area contributed by atoms with Gasteiger partial charge in [-0.05, 0) is 30.4 Å². The van der Waals surface area contributed by atoms with Crippen molar-refractivity contribution in [1.29, 1.82) is 0 Å². The Labute approximate surface area is 138 Å². The molecule has 1 amide bonds. The molecule has 5 nitrogen and oxygen atoms in total. The minimum Gasteiger partial charge on any atom is -0.384 e. The number of carbonyl (C=O) groups excluding carboxylic acids is 1. The number of carbonyl (C=O) groups is 1. The minimum atomic E-state index is 0.0490. The zero-order chi connectivity index (χ0) is 16.1. The number of hydrogen-bond donors (Lipinski definition) is 2. The van der Waals surface area contributed by atoms with Crippen LogP contribution < -0.4 is 10.6 Å². The fourth-order valence-electron chi connectivity index (χ4n) is 3.46. The van der Waals surface area contributed by atoms with Gasteiger partial charge in [-0.15, -0.1) is 0 Å². The Morgan fingerprint density at radius 2 is 2.22 bits per heavy atom. The summed E-state index contributed by atoms with van der Waals surface area (Å²) in [5, 5.41) is 6.15. The average Bonchev–Trinajstić information content (AvgIpc) is 3.06. The second kappa shape index (κ2) is 7.79. The summed E-state index contributed by atoms with van der Waals surface area (Å²) in [7, 11) is 1.66. The molecule has 3 rings (SSSR count). The summed E-state index contributed by atoms with van der Waals surface area (Å²) in [5.41, 5.74) is 4.23. The zero-order valence-corrected chi connectivity index (χ0v) is 13.9. The van der Waals surface area contributed by atoms with Gasteiger partial charge in [-0.3, -0.25) is 9.69 Å². The van der Waals surface area contributed by atoms with Gasteiger partial charge in [0.15, 0.2) is 0 Å². The zero-order valence-electron chi connectivity index (χ0n) is 13.9. The van der Waals surface area contributed by atoms with E-state index < -0.39 is 0 Å². The van der Waals surface area contributed by atoms with Crippen LogP contribution in [0.5, 0.6) is 0 Å². The van der Waals surface area contributed by atoms with Gasteiger partial charge in [0.2, 0.25) is 5.91 Å². The van der Waals surface area contributed by atoms with Crippen LogP contribution in [0.2, 0.25) is 0 Å². The lowest BCUT2D eigenvalue weighted by molar-refractivity contribution is -0.122. The Morgan fingerprint density at radius 3 is 3.00 bits per heavy atom. The van der Waals surface area contributed by atoms with E-state index in [0.717, 1.165) is 45.4 Å². The van der Waals surface area contributed by atoms with Crippen LogP contribution in [-0.4, -0.2) is 50.2 Å². The fraction of sp³-hybridized carbons (Fsp3) is 0.611. The van der Waals surface area contributed by atoms with Crippen LogP contribution in [0.1, 0.15) is 30.4 Å². The molecule has 0 radical (unpaired) electrons. The van der Waals surface area contributed by atoms with E-state index in [-0.39, 0.29) is 5.91 Å². The van der Waals surface area contributed by atoms with Crippen molar-refractivity contribution in [2.24, 2.45) is 0 Å². The third-order valence-corrected chi connectivity index (χ3v) is 4.82. The van der Waals surface area contributed by atoms with E-state index >= 15 is 0 Å². The van der Waals surface area contributed by atoms with Crippen LogP contribution in [0.25, 0.3) is 0 Å². The van der Waals surface area contributed by atoms with E-state index in [0.29, 0.717) is 19.1 Å². The molecule has 23 heavy (non-hydrogen) atoms. The highest BCUT2D eigenvalue weighted by Crippen LogP contribution is 2.28. The maximum Gasteiger partial charge on any atom is 0.222 e. The number of para-hydroxylation sites is 1. The second-order valence-electron chi connectivity index (χ2n) is 6.40. The molecule has 2 N–H and O–H groups in total. The molecule has 0 atom stereocenters. The van der Waals surface area contributed by atoms with Crippen molar-refractivity contribution in [3.63, 3.8) is 0 Å². The van der Waals surface area contributed by atoms with Gasteiger partial charge in [0, 0.05) is 45.3 Å². The Morgan fingerprint density at radius 1 is 1.39 bits per heavy atom. The summed E-state index contributed by atoms with van der Waals surface area (Å²) < 4.78 is 5.83. The monoisotopic (exact) mass is 317 g/mol. The van der Waals surface area contributed by atoms with E-state index in [1.807, 2.05) is 0 Å². The Balaban J connectivity index is 1.43. The van der Waals surface area contributed by atoms with E-state index in [4.69, 9.17) is 4.74 Å². The fourth-order valence-corrected chi connectivity index (χ4v) is 3.46. The number of fused-ring (bicyclic) bond motifs is 1. The predicted octanol–water partition coefficient (Wildman–Crippen LogP) is 1.77. The van der Waals surface area contributed by atoms with Gasteiger partial charge in [-0.25, -0.2) is 0 Å². The van der Waals surface area contributed by atoms with Gasteiger partial charge >= 0.3 is 0 Å². The number of ether oxygens (including phenoxy) is 1. The number of piperidine rings is 1. The van der Waals surface area contributed by atoms with Crippen LogP contribution in [-0.2, 0) is 22.5 Å². The normalized spacial score (nSPS) is 18.5. The summed E-state index contributed by atoms with van der Waals surface area (Å²) in [6.45, 7) is 4.73. The largest absolute Gasteiger partial charge is 0.384 e. The Kier molecular flexibility index (Phi) is 5.51. The van der Waals surface area contributed by atoms with Gasteiger partial charge in [0.1, 0.15) is 0 Å². The van der Waals surface area contributed by atoms with Crippen molar-refractivity contribution in [3.8, 4) is 0 Å². The first-order valence-electron chi connectivity index (χ1n) is 8.65. The number of nitrogens with zero attached hydrogens (tertiary/aromatic N) is 1. The number of likely N-dealkylation sites (tertiary alicyclic amines) is 1. The van der Waals surface area contributed by atoms with Gasteiger partial charge in [-0.2, -0.15) is 0 Å². The first-order chi connectivity index (χ1) is 11.3. The van der Waals surface area contributed by atoms with Crippen molar-refractivity contribution < 1.29 is 9.53 Å². The molecule has 0 spiro atoms. The number of nitrogens with one attached hydrogen (secondary N) is 2. The van der Waals surface area contributed by atoms with Crippen molar-refractivity contribution in [2.45, 2.75) is 38.3 Å². The smallest absolute Gasteiger partial charge is 0.222 e. The summed E-state index contributed by atoms with van der Waals surface area (Å²) in [5.74, 6) is 0.0490. The highest BCUT2D eigenvalue weighted by Gasteiger charge is 2.22. The van der Waals surface area contributed by atoms with E-state index in [1.165, 1.54) is 16.8 Å². The maximum absolute atomic E-state index is 11.2. The molecule has 2 aliphatic rings. The van der Waals surface area contributed by atoms with E-state index in [9.17, 15) is 4.79 Å². The van der Waals surface area contributed by atoms with Crippen molar-refractivity contribution in [3.05, 3.63) is 29.3 Å². The third-order valence-electron chi connectivity index (χ3n) is 4.82. The van der Waals surface area contributed by atoms with E-state index in [2.05, 4.69) is 33.7 Å². The maximum atomic E-state index is 11.2. The third kappa shape index (κ3) is 4.24. The molecule has 0 aromatic heterocycles.